The van der Waals surface area contributed by atoms with Crippen LogP contribution in [0.15, 0.2) is 0 Å². The summed E-state index contributed by atoms with van der Waals surface area (Å²) in [7, 11) is 0. The van der Waals surface area contributed by atoms with Gasteiger partial charge in [-0.25, -0.2) is 0 Å². The third kappa shape index (κ3) is 3.00. The first-order valence-corrected chi connectivity index (χ1v) is 3.85. The van der Waals surface area contributed by atoms with Gasteiger partial charge in [0.1, 0.15) is 6.10 Å². The third-order valence-corrected chi connectivity index (χ3v) is 1.55. The number of aliphatic hydroxyl groups excluding tert-OH is 1. The van der Waals surface area contributed by atoms with E-state index in [2.05, 4.69) is 4.74 Å². The summed E-state index contributed by atoms with van der Waals surface area (Å²) in [5.41, 5.74) is 0. The predicted molar refractivity (Wildman–Crippen MR) is 42.5 cm³/mol. The average Bonchev–Trinajstić information content (AvgIpc) is 2.02. The first-order valence-electron chi connectivity index (χ1n) is 3.85. The number of carbonyl (C=O) groups is 2. The van der Waals surface area contributed by atoms with Crippen LogP contribution < -0.4 is 0 Å². The van der Waals surface area contributed by atoms with Crippen LogP contribution in [0.25, 0.3) is 0 Å². The molecule has 0 heterocycles. The standard InChI is InChI=1S/C8H14O4/c1-4-12-8(11)5(2)7(10)6(3)9/h5,7,10H,4H2,1-3H3/t5-,7+/m1/s1. The summed E-state index contributed by atoms with van der Waals surface area (Å²) < 4.78 is 4.62. The van der Waals surface area contributed by atoms with Crippen LogP contribution in [-0.4, -0.2) is 29.6 Å². The molecule has 70 valence electrons. The SMILES string of the molecule is CCOC(=O)[C@H](C)[C@H](O)C(C)=O. The van der Waals surface area contributed by atoms with E-state index >= 15 is 0 Å². The van der Waals surface area contributed by atoms with Gasteiger partial charge in [0.2, 0.25) is 0 Å². The van der Waals surface area contributed by atoms with Gasteiger partial charge in [-0.2, -0.15) is 0 Å². The van der Waals surface area contributed by atoms with Crippen molar-refractivity contribution in [3.63, 3.8) is 0 Å². The van der Waals surface area contributed by atoms with Gasteiger partial charge in [-0.15, -0.1) is 0 Å². The highest BCUT2D eigenvalue weighted by Crippen LogP contribution is 2.06. The molecule has 0 aliphatic carbocycles. The van der Waals surface area contributed by atoms with Crippen molar-refractivity contribution in [2.24, 2.45) is 5.92 Å². The second-order valence-electron chi connectivity index (χ2n) is 2.60. The molecule has 0 aromatic heterocycles. The number of hydrogen-bond donors (Lipinski definition) is 1. The number of ether oxygens (including phenoxy) is 1. The Hall–Kier alpha value is -0.900. The summed E-state index contributed by atoms with van der Waals surface area (Å²) in [6.45, 7) is 4.63. The zero-order valence-electron chi connectivity index (χ0n) is 7.53. The summed E-state index contributed by atoms with van der Waals surface area (Å²) in [4.78, 5) is 21.6. The molecule has 0 aromatic rings. The highest BCUT2D eigenvalue weighted by Gasteiger charge is 2.26. The Morgan fingerprint density at radius 3 is 2.33 bits per heavy atom. The van der Waals surface area contributed by atoms with E-state index in [-0.39, 0.29) is 6.61 Å². The van der Waals surface area contributed by atoms with Crippen LogP contribution in [0.2, 0.25) is 0 Å². The van der Waals surface area contributed by atoms with Gasteiger partial charge in [-0.05, 0) is 20.8 Å². The molecule has 4 nitrogen and oxygen atoms in total. The normalized spacial score (nSPS) is 15.0. The van der Waals surface area contributed by atoms with Crippen molar-refractivity contribution < 1.29 is 19.4 Å². The molecule has 0 aliphatic heterocycles. The number of ketones is 1. The Morgan fingerprint density at radius 2 is 2.00 bits per heavy atom. The van der Waals surface area contributed by atoms with Crippen LogP contribution in [0, 0.1) is 5.92 Å². The van der Waals surface area contributed by atoms with E-state index in [0.717, 1.165) is 0 Å². The molecule has 0 fully saturated rings. The highest BCUT2D eigenvalue weighted by atomic mass is 16.5. The maximum absolute atomic E-state index is 11.0. The lowest BCUT2D eigenvalue weighted by Gasteiger charge is -2.13. The monoisotopic (exact) mass is 174 g/mol. The van der Waals surface area contributed by atoms with Crippen LogP contribution in [0.3, 0.4) is 0 Å². The molecule has 1 N–H and O–H groups in total. The summed E-state index contributed by atoms with van der Waals surface area (Å²) in [5, 5.41) is 9.14. The Morgan fingerprint density at radius 1 is 1.50 bits per heavy atom. The average molecular weight is 174 g/mol. The van der Waals surface area contributed by atoms with Gasteiger partial charge in [0, 0.05) is 0 Å². The van der Waals surface area contributed by atoms with Crippen LogP contribution in [0.4, 0.5) is 0 Å². The van der Waals surface area contributed by atoms with Gasteiger partial charge in [0.15, 0.2) is 5.78 Å². The lowest BCUT2D eigenvalue weighted by Crippen LogP contribution is -2.32. The lowest BCUT2D eigenvalue weighted by atomic mass is 10.0. The molecule has 0 unspecified atom stereocenters. The number of hydrogen-bond acceptors (Lipinski definition) is 4. The minimum absolute atomic E-state index is 0.258. The van der Waals surface area contributed by atoms with E-state index in [1.54, 1.807) is 6.92 Å². The van der Waals surface area contributed by atoms with Gasteiger partial charge in [-0.1, -0.05) is 0 Å². The van der Waals surface area contributed by atoms with E-state index in [1.165, 1.54) is 13.8 Å². The van der Waals surface area contributed by atoms with Gasteiger partial charge in [-0.3, -0.25) is 9.59 Å². The fourth-order valence-electron chi connectivity index (χ4n) is 0.755. The highest BCUT2D eigenvalue weighted by molar-refractivity contribution is 5.86. The lowest BCUT2D eigenvalue weighted by molar-refractivity contribution is -0.154. The van der Waals surface area contributed by atoms with Crippen molar-refractivity contribution in [3.8, 4) is 0 Å². The number of carbonyl (C=O) groups excluding carboxylic acids is 2. The largest absolute Gasteiger partial charge is 0.466 e. The zero-order chi connectivity index (χ0) is 9.72. The fourth-order valence-corrected chi connectivity index (χ4v) is 0.755. The number of rotatable bonds is 4. The maximum atomic E-state index is 11.0. The summed E-state index contributed by atoms with van der Waals surface area (Å²) in [6, 6.07) is 0. The molecule has 0 bridgehead atoms. The Balaban J connectivity index is 4.09. The third-order valence-electron chi connectivity index (χ3n) is 1.55. The summed E-state index contributed by atoms with van der Waals surface area (Å²) >= 11 is 0. The second kappa shape index (κ2) is 4.87. The fraction of sp³-hybridized carbons (Fsp3) is 0.750. The van der Waals surface area contributed by atoms with Crippen LogP contribution in [0.5, 0.6) is 0 Å². The molecular formula is C8H14O4. The number of esters is 1. The van der Waals surface area contributed by atoms with E-state index in [4.69, 9.17) is 5.11 Å². The molecular weight excluding hydrogens is 160 g/mol. The zero-order valence-corrected chi connectivity index (χ0v) is 7.53. The summed E-state index contributed by atoms with van der Waals surface area (Å²) in [6.07, 6.45) is -1.25. The summed E-state index contributed by atoms with van der Waals surface area (Å²) in [5.74, 6) is -1.74. The van der Waals surface area contributed by atoms with Crippen molar-refractivity contribution in [1.82, 2.24) is 0 Å². The van der Waals surface area contributed by atoms with Crippen LogP contribution in [-0.2, 0) is 14.3 Å². The number of Topliss-reactive ketones (excluding diaryl/α,β-unsaturated/α-hetero) is 1. The second-order valence-corrected chi connectivity index (χ2v) is 2.60. The Kier molecular flexibility index (Phi) is 4.51. The molecule has 0 radical (unpaired) electrons. The number of aliphatic hydroxyl groups is 1. The minimum Gasteiger partial charge on any atom is -0.466 e. The van der Waals surface area contributed by atoms with Gasteiger partial charge < -0.3 is 9.84 Å². The van der Waals surface area contributed by atoms with Crippen molar-refractivity contribution in [1.29, 1.82) is 0 Å². The van der Waals surface area contributed by atoms with Crippen molar-refractivity contribution in [2.75, 3.05) is 6.61 Å². The molecule has 2 atom stereocenters. The van der Waals surface area contributed by atoms with Crippen LogP contribution >= 0.6 is 0 Å². The van der Waals surface area contributed by atoms with Gasteiger partial charge >= 0.3 is 5.97 Å². The molecule has 0 saturated carbocycles. The van der Waals surface area contributed by atoms with Crippen molar-refractivity contribution in [2.45, 2.75) is 26.9 Å². The van der Waals surface area contributed by atoms with E-state index in [1.807, 2.05) is 0 Å². The van der Waals surface area contributed by atoms with E-state index < -0.39 is 23.8 Å². The van der Waals surface area contributed by atoms with E-state index in [9.17, 15) is 9.59 Å². The van der Waals surface area contributed by atoms with Gasteiger partial charge in [0.25, 0.3) is 0 Å². The first-order chi connectivity index (χ1) is 5.50. The first kappa shape index (κ1) is 11.1. The quantitative estimate of drug-likeness (QED) is 0.615. The molecule has 0 amide bonds. The van der Waals surface area contributed by atoms with Gasteiger partial charge in [0.05, 0.1) is 12.5 Å². The van der Waals surface area contributed by atoms with E-state index in [0.29, 0.717) is 0 Å². The molecule has 0 saturated heterocycles. The molecule has 4 heteroatoms. The van der Waals surface area contributed by atoms with Crippen molar-refractivity contribution in [3.05, 3.63) is 0 Å². The molecule has 0 spiro atoms. The topological polar surface area (TPSA) is 63.6 Å². The molecule has 0 aliphatic rings. The van der Waals surface area contributed by atoms with Crippen LogP contribution in [0.1, 0.15) is 20.8 Å². The Bertz CT molecular complexity index is 176. The minimum atomic E-state index is -1.25. The predicted octanol–water partition coefficient (Wildman–Crippen LogP) is 0.135. The molecule has 0 aromatic carbocycles. The molecule has 12 heavy (non-hydrogen) atoms. The maximum Gasteiger partial charge on any atom is 0.311 e. The smallest absolute Gasteiger partial charge is 0.311 e. The Labute approximate surface area is 71.5 Å². The van der Waals surface area contributed by atoms with Crippen molar-refractivity contribution >= 4 is 11.8 Å². The molecule has 0 rings (SSSR count).